The van der Waals surface area contributed by atoms with Crippen LogP contribution in [0.15, 0.2) is 40.9 Å². The predicted octanol–water partition coefficient (Wildman–Crippen LogP) is 3.42. The molecule has 0 saturated carbocycles. The zero-order valence-corrected chi connectivity index (χ0v) is 14.3. The van der Waals surface area contributed by atoms with Crippen molar-refractivity contribution in [2.45, 2.75) is 27.3 Å². The molecule has 2 heterocycles. The molecule has 3 rings (SSSR count). The van der Waals surface area contributed by atoms with Gasteiger partial charge in [-0.3, -0.25) is 9.59 Å². The van der Waals surface area contributed by atoms with Crippen LogP contribution in [0.3, 0.4) is 0 Å². The number of nitrogens with zero attached hydrogens (tertiary/aromatic N) is 1. The maximum Gasteiger partial charge on any atom is 0.268 e. The Labute approximate surface area is 145 Å². The highest BCUT2D eigenvalue weighted by molar-refractivity contribution is 6.02. The van der Waals surface area contributed by atoms with Gasteiger partial charge in [-0.2, -0.15) is 0 Å². The highest BCUT2D eigenvalue weighted by Crippen LogP contribution is 2.20. The third kappa shape index (κ3) is 3.38. The smallest absolute Gasteiger partial charge is 0.268 e. The van der Waals surface area contributed by atoms with Crippen LogP contribution in [0.2, 0.25) is 0 Å². The molecule has 0 bridgehead atoms. The lowest BCUT2D eigenvalue weighted by atomic mass is 10.1. The summed E-state index contributed by atoms with van der Waals surface area (Å²) >= 11 is 0. The second-order valence-corrected chi connectivity index (χ2v) is 5.91. The van der Waals surface area contributed by atoms with Crippen LogP contribution in [0.5, 0.6) is 0 Å². The summed E-state index contributed by atoms with van der Waals surface area (Å²) in [6, 6.07) is 11.4. The molecule has 0 aliphatic rings. The van der Waals surface area contributed by atoms with Crippen LogP contribution in [0.1, 0.15) is 44.7 Å². The Bertz CT molecular complexity index is 923. The molecule has 25 heavy (non-hydrogen) atoms. The molecule has 1 aromatic carbocycles. The first-order chi connectivity index (χ1) is 12.0. The molecule has 0 saturated heterocycles. The summed E-state index contributed by atoms with van der Waals surface area (Å²) in [6.45, 7) is 5.27. The van der Waals surface area contributed by atoms with Gasteiger partial charge in [-0.15, -0.1) is 0 Å². The molecule has 6 nitrogen and oxygen atoms in total. The fourth-order valence-corrected chi connectivity index (χ4v) is 2.90. The summed E-state index contributed by atoms with van der Waals surface area (Å²) in [6.07, 6.45) is 0. The number of rotatable bonds is 5. The van der Waals surface area contributed by atoms with Gasteiger partial charge in [0.15, 0.2) is 11.5 Å². The zero-order chi connectivity index (χ0) is 18.0. The lowest BCUT2D eigenvalue weighted by Crippen LogP contribution is -2.24. The third-order valence-electron chi connectivity index (χ3n) is 4.06. The standard InChI is InChI=1S/C19H19N3O3/c1-11-17(13(3)23)12(2)21-18(11)19(24)20-10-15-9-16(25-22-15)14-7-5-4-6-8-14/h4-9,21H,10H2,1-3H3,(H,20,24). The summed E-state index contributed by atoms with van der Waals surface area (Å²) in [4.78, 5) is 27.0. The maximum absolute atomic E-state index is 12.4. The number of carbonyl (C=O) groups is 2. The number of aryl methyl sites for hydroxylation is 1. The highest BCUT2D eigenvalue weighted by Gasteiger charge is 2.19. The average molecular weight is 337 g/mol. The number of aromatic amines is 1. The largest absolute Gasteiger partial charge is 0.356 e. The molecule has 128 valence electrons. The summed E-state index contributed by atoms with van der Waals surface area (Å²) in [5, 5.41) is 6.77. The molecular weight excluding hydrogens is 318 g/mol. The number of nitrogens with one attached hydrogen (secondary N) is 2. The van der Waals surface area contributed by atoms with Crippen LogP contribution < -0.4 is 5.32 Å². The van der Waals surface area contributed by atoms with Crippen molar-refractivity contribution in [2.24, 2.45) is 0 Å². The number of H-pyrrole nitrogens is 1. The zero-order valence-electron chi connectivity index (χ0n) is 14.3. The lowest BCUT2D eigenvalue weighted by molar-refractivity contribution is 0.0944. The van der Waals surface area contributed by atoms with Gasteiger partial charge in [0, 0.05) is 22.9 Å². The van der Waals surface area contributed by atoms with E-state index in [1.807, 2.05) is 30.3 Å². The molecule has 0 aliphatic carbocycles. The second kappa shape index (κ2) is 6.76. The van der Waals surface area contributed by atoms with Crippen LogP contribution in [-0.4, -0.2) is 21.8 Å². The Balaban J connectivity index is 1.70. The molecule has 0 fully saturated rings. The number of Topliss-reactive ketones (excluding diaryl/α,β-unsaturated/α-hetero) is 1. The molecule has 0 unspecified atom stereocenters. The SMILES string of the molecule is CC(=O)c1c(C)[nH]c(C(=O)NCc2cc(-c3ccccc3)on2)c1C. The van der Waals surface area contributed by atoms with Gasteiger partial charge < -0.3 is 14.8 Å². The Kier molecular flexibility index (Phi) is 4.52. The van der Waals surface area contributed by atoms with Crippen LogP contribution in [0.4, 0.5) is 0 Å². The summed E-state index contributed by atoms with van der Waals surface area (Å²) < 4.78 is 5.31. The van der Waals surface area contributed by atoms with Gasteiger partial charge in [-0.1, -0.05) is 35.5 Å². The van der Waals surface area contributed by atoms with Crippen molar-refractivity contribution in [3.63, 3.8) is 0 Å². The van der Waals surface area contributed by atoms with E-state index in [-0.39, 0.29) is 18.2 Å². The summed E-state index contributed by atoms with van der Waals surface area (Å²) in [7, 11) is 0. The van der Waals surface area contributed by atoms with Crippen molar-refractivity contribution in [2.75, 3.05) is 0 Å². The van der Waals surface area contributed by atoms with Crippen molar-refractivity contribution in [1.82, 2.24) is 15.5 Å². The first kappa shape index (κ1) is 16.7. The van der Waals surface area contributed by atoms with Crippen LogP contribution in [0.25, 0.3) is 11.3 Å². The quantitative estimate of drug-likeness (QED) is 0.698. The van der Waals surface area contributed by atoms with E-state index in [1.54, 1.807) is 19.9 Å². The van der Waals surface area contributed by atoms with Crippen molar-refractivity contribution in [3.8, 4) is 11.3 Å². The minimum Gasteiger partial charge on any atom is -0.356 e. The minimum absolute atomic E-state index is 0.0608. The highest BCUT2D eigenvalue weighted by atomic mass is 16.5. The van der Waals surface area contributed by atoms with Gasteiger partial charge >= 0.3 is 0 Å². The number of carbonyl (C=O) groups excluding carboxylic acids is 2. The lowest BCUT2D eigenvalue weighted by Gasteiger charge is -2.02. The van der Waals surface area contributed by atoms with Gasteiger partial charge in [0.25, 0.3) is 5.91 Å². The van der Waals surface area contributed by atoms with Gasteiger partial charge in [0.1, 0.15) is 11.4 Å². The molecule has 1 amide bonds. The number of ketones is 1. The van der Waals surface area contributed by atoms with Gasteiger partial charge in [-0.05, 0) is 26.3 Å². The van der Waals surface area contributed by atoms with Crippen molar-refractivity contribution >= 4 is 11.7 Å². The summed E-state index contributed by atoms with van der Waals surface area (Å²) in [5.74, 6) is 0.308. The van der Waals surface area contributed by atoms with Crippen LogP contribution in [-0.2, 0) is 6.54 Å². The van der Waals surface area contributed by atoms with E-state index in [2.05, 4.69) is 15.5 Å². The predicted molar refractivity (Wildman–Crippen MR) is 93.4 cm³/mol. The number of amides is 1. The molecule has 2 N–H and O–H groups in total. The monoisotopic (exact) mass is 337 g/mol. The van der Waals surface area contributed by atoms with E-state index < -0.39 is 0 Å². The molecular formula is C19H19N3O3. The van der Waals surface area contributed by atoms with Crippen molar-refractivity contribution in [1.29, 1.82) is 0 Å². The second-order valence-electron chi connectivity index (χ2n) is 5.91. The summed E-state index contributed by atoms with van der Waals surface area (Å²) in [5.41, 5.74) is 3.87. The van der Waals surface area contributed by atoms with E-state index in [9.17, 15) is 9.59 Å². The van der Waals surface area contributed by atoms with E-state index in [1.165, 1.54) is 6.92 Å². The molecule has 6 heteroatoms. The average Bonchev–Trinajstić information content (AvgIpc) is 3.18. The Morgan fingerprint density at radius 1 is 1.20 bits per heavy atom. The van der Waals surface area contributed by atoms with Gasteiger partial charge in [0.05, 0.1) is 6.54 Å². The number of hydrogen-bond acceptors (Lipinski definition) is 4. The maximum atomic E-state index is 12.4. The minimum atomic E-state index is -0.280. The van der Waals surface area contributed by atoms with Gasteiger partial charge in [-0.25, -0.2) is 0 Å². The topological polar surface area (TPSA) is 88.0 Å². The molecule has 0 aliphatic heterocycles. The van der Waals surface area contributed by atoms with Crippen molar-refractivity contribution in [3.05, 3.63) is 64.6 Å². The first-order valence-electron chi connectivity index (χ1n) is 7.96. The molecule has 0 atom stereocenters. The van der Waals surface area contributed by atoms with E-state index in [0.29, 0.717) is 34.0 Å². The van der Waals surface area contributed by atoms with Gasteiger partial charge in [0.2, 0.25) is 0 Å². The number of aromatic nitrogens is 2. The fourth-order valence-electron chi connectivity index (χ4n) is 2.90. The van der Waals surface area contributed by atoms with Crippen LogP contribution >= 0.6 is 0 Å². The Hall–Kier alpha value is -3.15. The fraction of sp³-hybridized carbons (Fsp3) is 0.211. The Morgan fingerprint density at radius 2 is 1.92 bits per heavy atom. The third-order valence-corrected chi connectivity index (χ3v) is 4.06. The molecule has 0 spiro atoms. The number of benzene rings is 1. The Morgan fingerprint density at radius 3 is 2.56 bits per heavy atom. The first-order valence-corrected chi connectivity index (χ1v) is 7.96. The molecule has 3 aromatic rings. The van der Waals surface area contributed by atoms with E-state index >= 15 is 0 Å². The van der Waals surface area contributed by atoms with Crippen LogP contribution in [0, 0.1) is 13.8 Å². The van der Waals surface area contributed by atoms with Crippen molar-refractivity contribution < 1.29 is 14.1 Å². The number of hydrogen-bond donors (Lipinski definition) is 2. The molecule has 0 radical (unpaired) electrons. The molecule has 2 aromatic heterocycles. The van der Waals surface area contributed by atoms with E-state index in [0.717, 1.165) is 5.56 Å². The normalized spacial score (nSPS) is 10.7. The van der Waals surface area contributed by atoms with E-state index in [4.69, 9.17) is 4.52 Å².